The maximum Gasteiger partial charge on any atom is 0.244 e. The van der Waals surface area contributed by atoms with Crippen LogP contribution in [0.2, 0.25) is 0 Å². The first-order chi connectivity index (χ1) is 10.4. The standard InChI is InChI=1S/C17H25N3O2.ClH/c1-13(21)20-10-8-14(9-11-20)12-19-16(22)17(2,18)15-6-4-3-5-7-15;/h3-7,14H,8-12,18H2,1-2H3,(H,19,22);1H. The first-order valence-corrected chi connectivity index (χ1v) is 7.79. The molecule has 1 aliphatic heterocycles. The number of carbonyl (C=O) groups is 2. The molecular weight excluding hydrogens is 314 g/mol. The van der Waals surface area contributed by atoms with E-state index in [9.17, 15) is 9.59 Å². The summed E-state index contributed by atoms with van der Waals surface area (Å²) >= 11 is 0. The van der Waals surface area contributed by atoms with E-state index in [4.69, 9.17) is 5.73 Å². The van der Waals surface area contributed by atoms with Gasteiger partial charge < -0.3 is 16.0 Å². The van der Waals surface area contributed by atoms with Crippen LogP contribution in [0.1, 0.15) is 32.3 Å². The second-order valence-electron chi connectivity index (χ2n) is 6.23. The van der Waals surface area contributed by atoms with Gasteiger partial charge in [0, 0.05) is 26.6 Å². The fourth-order valence-corrected chi connectivity index (χ4v) is 2.79. The van der Waals surface area contributed by atoms with Crippen LogP contribution in [0.4, 0.5) is 0 Å². The van der Waals surface area contributed by atoms with Crippen molar-refractivity contribution in [3.8, 4) is 0 Å². The van der Waals surface area contributed by atoms with E-state index in [1.807, 2.05) is 35.2 Å². The van der Waals surface area contributed by atoms with Gasteiger partial charge in [-0.2, -0.15) is 0 Å². The molecule has 2 rings (SSSR count). The molecule has 6 heteroatoms. The SMILES string of the molecule is CC(=O)N1CCC(CNC(=O)C(C)(N)c2ccccc2)CC1.Cl. The third kappa shape index (κ3) is 4.94. The summed E-state index contributed by atoms with van der Waals surface area (Å²) in [5, 5.41) is 2.97. The molecule has 2 amide bonds. The number of nitrogens with zero attached hydrogens (tertiary/aromatic N) is 1. The Morgan fingerprint density at radius 3 is 2.35 bits per heavy atom. The van der Waals surface area contributed by atoms with E-state index >= 15 is 0 Å². The van der Waals surface area contributed by atoms with Crippen LogP contribution in [0.25, 0.3) is 0 Å². The molecule has 0 aromatic heterocycles. The second kappa shape index (κ2) is 8.31. The molecule has 128 valence electrons. The van der Waals surface area contributed by atoms with E-state index in [2.05, 4.69) is 5.32 Å². The highest BCUT2D eigenvalue weighted by Crippen LogP contribution is 2.19. The lowest BCUT2D eigenvalue weighted by atomic mass is 9.91. The highest BCUT2D eigenvalue weighted by atomic mass is 35.5. The first-order valence-electron chi connectivity index (χ1n) is 7.79. The third-order valence-corrected chi connectivity index (χ3v) is 4.46. The van der Waals surface area contributed by atoms with Crippen molar-refractivity contribution >= 4 is 24.2 Å². The van der Waals surface area contributed by atoms with Gasteiger partial charge in [-0.3, -0.25) is 9.59 Å². The summed E-state index contributed by atoms with van der Waals surface area (Å²) in [5.74, 6) is 0.375. The lowest BCUT2D eigenvalue weighted by Gasteiger charge is -2.32. The molecular formula is C17H26ClN3O2. The number of nitrogens with one attached hydrogen (secondary N) is 1. The highest BCUT2D eigenvalue weighted by molar-refractivity contribution is 5.87. The average Bonchev–Trinajstić information content (AvgIpc) is 2.53. The Morgan fingerprint density at radius 1 is 1.26 bits per heavy atom. The van der Waals surface area contributed by atoms with Gasteiger partial charge in [0.25, 0.3) is 0 Å². The van der Waals surface area contributed by atoms with Crippen LogP contribution in [0.5, 0.6) is 0 Å². The normalized spacial score (nSPS) is 17.8. The summed E-state index contributed by atoms with van der Waals surface area (Å²) in [6, 6.07) is 9.40. The molecule has 1 aromatic carbocycles. The van der Waals surface area contributed by atoms with Crippen molar-refractivity contribution in [3.05, 3.63) is 35.9 Å². The number of hydrogen-bond acceptors (Lipinski definition) is 3. The number of piperidine rings is 1. The van der Waals surface area contributed by atoms with E-state index < -0.39 is 5.54 Å². The van der Waals surface area contributed by atoms with Gasteiger partial charge in [0.2, 0.25) is 11.8 Å². The fraction of sp³-hybridized carbons (Fsp3) is 0.529. The number of benzene rings is 1. The number of likely N-dealkylation sites (tertiary alicyclic amines) is 1. The average molecular weight is 340 g/mol. The van der Waals surface area contributed by atoms with Gasteiger partial charge in [0.1, 0.15) is 5.54 Å². The Bertz CT molecular complexity index is 526. The minimum atomic E-state index is -1.03. The number of amides is 2. The Labute approximate surface area is 144 Å². The van der Waals surface area contributed by atoms with E-state index in [-0.39, 0.29) is 24.2 Å². The summed E-state index contributed by atoms with van der Waals surface area (Å²) in [5.41, 5.74) is 5.97. The van der Waals surface area contributed by atoms with Crippen LogP contribution in [-0.2, 0) is 15.1 Å². The van der Waals surface area contributed by atoms with Crippen LogP contribution < -0.4 is 11.1 Å². The van der Waals surface area contributed by atoms with Gasteiger partial charge in [0.05, 0.1) is 0 Å². The summed E-state index contributed by atoms with van der Waals surface area (Å²) < 4.78 is 0. The molecule has 1 fully saturated rings. The van der Waals surface area contributed by atoms with E-state index in [1.54, 1.807) is 13.8 Å². The molecule has 1 heterocycles. The molecule has 1 atom stereocenters. The van der Waals surface area contributed by atoms with E-state index in [0.717, 1.165) is 31.5 Å². The van der Waals surface area contributed by atoms with Gasteiger partial charge in [-0.25, -0.2) is 0 Å². The van der Waals surface area contributed by atoms with Gasteiger partial charge in [-0.1, -0.05) is 30.3 Å². The molecule has 5 nitrogen and oxygen atoms in total. The summed E-state index contributed by atoms with van der Waals surface area (Å²) in [6.07, 6.45) is 1.85. The molecule has 0 bridgehead atoms. The number of hydrogen-bond donors (Lipinski definition) is 2. The van der Waals surface area contributed by atoms with Crippen molar-refractivity contribution in [2.45, 2.75) is 32.2 Å². The molecule has 0 saturated carbocycles. The fourth-order valence-electron chi connectivity index (χ4n) is 2.79. The number of rotatable bonds is 4. The summed E-state index contributed by atoms with van der Waals surface area (Å²) in [4.78, 5) is 25.5. The lowest BCUT2D eigenvalue weighted by molar-refractivity contribution is -0.130. The zero-order valence-electron chi connectivity index (χ0n) is 13.7. The Kier molecular flexibility index (Phi) is 7.03. The van der Waals surface area contributed by atoms with Gasteiger partial charge in [-0.15, -0.1) is 12.4 Å². The predicted octanol–water partition coefficient (Wildman–Crippen LogP) is 1.66. The predicted molar refractivity (Wildman–Crippen MR) is 93.2 cm³/mol. The zero-order chi connectivity index (χ0) is 16.2. The van der Waals surface area contributed by atoms with Crippen LogP contribution in [-0.4, -0.2) is 36.3 Å². The molecule has 1 saturated heterocycles. The van der Waals surface area contributed by atoms with Crippen LogP contribution in [0.3, 0.4) is 0 Å². The van der Waals surface area contributed by atoms with Crippen LogP contribution in [0.15, 0.2) is 30.3 Å². The van der Waals surface area contributed by atoms with Crippen molar-refractivity contribution in [2.75, 3.05) is 19.6 Å². The quantitative estimate of drug-likeness (QED) is 0.876. The van der Waals surface area contributed by atoms with Crippen LogP contribution >= 0.6 is 12.4 Å². The largest absolute Gasteiger partial charge is 0.354 e. The molecule has 23 heavy (non-hydrogen) atoms. The van der Waals surface area contributed by atoms with Gasteiger partial charge in [-0.05, 0) is 31.2 Å². The summed E-state index contributed by atoms with van der Waals surface area (Å²) in [7, 11) is 0. The number of carbonyl (C=O) groups excluding carboxylic acids is 2. The minimum absolute atomic E-state index is 0. The van der Waals surface area contributed by atoms with Gasteiger partial charge >= 0.3 is 0 Å². The molecule has 1 aromatic rings. The molecule has 1 aliphatic rings. The topological polar surface area (TPSA) is 75.4 Å². The second-order valence-corrected chi connectivity index (χ2v) is 6.23. The molecule has 3 N–H and O–H groups in total. The maximum absolute atomic E-state index is 12.4. The third-order valence-electron chi connectivity index (χ3n) is 4.46. The van der Waals surface area contributed by atoms with Gasteiger partial charge in [0.15, 0.2) is 0 Å². The molecule has 0 aliphatic carbocycles. The van der Waals surface area contributed by atoms with Crippen molar-refractivity contribution in [3.63, 3.8) is 0 Å². The maximum atomic E-state index is 12.4. The van der Waals surface area contributed by atoms with E-state index in [1.165, 1.54) is 0 Å². The van der Waals surface area contributed by atoms with E-state index in [0.29, 0.717) is 12.5 Å². The van der Waals surface area contributed by atoms with Crippen molar-refractivity contribution < 1.29 is 9.59 Å². The highest BCUT2D eigenvalue weighted by Gasteiger charge is 2.31. The lowest BCUT2D eigenvalue weighted by Crippen LogP contribution is -2.50. The minimum Gasteiger partial charge on any atom is -0.354 e. The summed E-state index contributed by atoms with van der Waals surface area (Å²) in [6.45, 7) is 5.49. The first kappa shape index (κ1) is 19.5. The Balaban J connectivity index is 0.00000264. The van der Waals surface area contributed by atoms with Crippen molar-refractivity contribution in [1.29, 1.82) is 0 Å². The molecule has 0 spiro atoms. The molecule has 0 radical (unpaired) electrons. The van der Waals surface area contributed by atoms with Crippen LogP contribution in [0, 0.1) is 5.92 Å². The zero-order valence-corrected chi connectivity index (χ0v) is 14.6. The Hall–Kier alpha value is -1.59. The molecule has 1 unspecified atom stereocenters. The monoisotopic (exact) mass is 339 g/mol. The number of halogens is 1. The number of nitrogens with two attached hydrogens (primary N) is 1. The Morgan fingerprint density at radius 2 is 1.83 bits per heavy atom. The van der Waals surface area contributed by atoms with Crippen molar-refractivity contribution in [2.24, 2.45) is 11.7 Å². The smallest absolute Gasteiger partial charge is 0.244 e. The van der Waals surface area contributed by atoms with Crippen molar-refractivity contribution in [1.82, 2.24) is 10.2 Å².